The van der Waals surface area contributed by atoms with E-state index >= 15 is 0 Å². The number of halogens is 2. The Kier molecular flexibility index (Phi) is 8.83. The minimum atomic E-state index is -0.377. The van der Waals surface area contributed by atoms with Gasteiger partial charge in [-0.1, -0.05) is 65.7 Å². The fraction of sp³-hybridized carbons (Fsp3) is 0.269. The SMILES string of the molecule is COc1cc(Cl)c(CCC(N)=O)c(Cl)c1.c1ccc(Cc2ccc3c(c2)CCCN3)cc1. The van der Waals surface area contributed by atoms with Crippen LogP contribution >= 0.6 is 23.2 Å². The first-order valence-electron chi connectivity index (χ1n) is 10.7. The second-order valence-corrected chi connectivity index (χ2v) is 8.53. The van der Waals surface area contributed by atoms with Crippen LogP contribution < -0.4 is 15.8 Å². The molecule has 0 fully saturated rings. The highest BCUT2D eigenvalue weighted by molar-refractivity contribution is 6.36. The molecule has 168 valence electrons. The molecule has 0 saturated carbocycles. The maximum atomic E-state index is 10.6. The van der Waals surface area contributed by atoms with Crippen LogP contribution in [0.1, 0.15) is 35.1 Å². The molecule has 0 bridgehead atoms. The number of aryl methyl sites for hydroxylation is 1. The summed E-state index contributed by atoms with van der Waals surface area (Å²) in [7, 11) is 1.53. The van der Waals surface area contributed by atoms with Crippen molar-refractivity contribution in [2.24, 2.45) is 5.73 Å². The zero-order valence-electron chi connectivity index (χ0n) is 18.2. The molecular formula is C26H28Cl2N2O2. The van der Waals surface area contributed by atoms with Crippen molar-refractivity contribution in [1.82, 2.24) is 0 Å². The largest absolute Gasteiger partial charge is 0.497 e. The molecule has 1 aliphatic heterocycles. The lowest BCUT2D eigenvalue weighted by Crippen LogP contribution is -2.11. The number of ether oxygens (including phenoxy) is 1. The number of methoxy groups -OCH3 is 1. The quantitative estimate of drug-likeness (QED) is 0.460. The number of nitrogens with one attached hydrogen (secondary N) is 1. The lowest BCUT2D eigenvalue weighted by molar-refractivity contribution is -0.117. The van der Waals surface area contributed by atoms with Gasteiger partial charge in [-0.3, -0.25) is 4.79 Å². The van der Waals surface area contributed by atoms with Gasteiger partial charge in [0.15, 0.2) is 0 Å². The molecule has 0 saturated heterocycles. The van der Waals surface area contributed by atoms with Gasteiger partial charge in [-0.05, 0) is 66.1 Å². The summed E-state index contributed by atoms with van der Waals surface area (Å²) in [5.41, 5.74) is 11.4. The zero-order chi connectivity index (χ0) is 22.9. The maximum Gasteiger partial charge on any atom is 0.217 e. The number of amides is 1. The van der Waals surface area contributed by atoms with Crippen LogP contribution in [0.5, 0.6) is 5.75 Å². The fourth-order valence-electron chi connectivity index (χ4n) is 3.65. The topological polar surface area (TPSA) is 64.3 Å². The van der Waals surface area contributed by atoms with Gasteiger partial charge >= 0.3 is 0 Å². The minimum Gasteiger partial charge on any atom is -0.497 e. The van der Waals surface area contributed by atoms with Gasteiger partial charge in [-0.25, -0.2) is 0 Å². The third-order valence-electron chi connectivity index (χ3n) is 5.33. The van der Waals surface area contributed by atoms with Gasteiger partial charge in [0.05, 0.1) is 7.11 Å². The predicted molar refractivity (Wildman–Crippen MR) is 133 cm³/mol. The third-order valence-corrected chi connectivity index (χ3v) is 6.01. The molecule has 3 N–H and O–H groups in total. The van der Waals surface area contributed by atoms with Gasteiger partial charge < -0.3 is 15.8 Å². The van der Waals surface area contributed by atoms with E-state index in [1.807, 2.05) is 0 Å². The van der Waals surface area contributed by atoms with Crippen molar-refractivity contribution in [1.29, 1.82) is 0 Å². The van der Waals surface area contributed by atoms with Gasteiger partial charge in [0.2, 0.25) is 5.91 Å². The van der Waals surface area contributed by atoms with Crippen molar-refractivity contribution in [2.75, 3.05) is 19.0 Å². The Bertz CT molecular complexity index is 1030. The molecule has 0 aromatic heterocycles. The van der Waals surface area contributed by atoms with Crippen LogP contribution in [0.3, 0.4) is 0 Å². The molecule has 0 unspecified atom stereocenters. The number of carbonyl (C=O) groups is 1. The molecule has 0 radical (unpaired) electrons. The minimum absolute atomic E-state index is 0.228. The van der Waals surface area contributed by atoms with Crippen molar-refractivity contribution >= 4 is 34.8 Å². The smallest absolute Gasteiger partial charge is 0.217 e. The van der Waals surface area contributed by atoms with Crippen molar-refractivity contribution < 1.29 is 9.53 Å². The van der Waals surface area contributed by atoms with Crippen LogP contribution in [0.15, 0.2) is 60.7 Å². The van der Waals surface area contributed by atoms with Crippen LogP contribution in [-0.4, -0.2) is 19.6 Å². The first-order valence-corrected chi connectivity index (χ1v) is 11.4. The molecular weight excluding hydrogens is 443 g/mol. The van der Waals surface area contributed by atoms with E-state index in [0.29, 0.717) is 22.2 Å². The number of rotatable bonds is 6. The molecule has 0 spiro atoms. The van der Waals surface area contributed by atoms with E-state index in [9.17, 15) is 4.79 Å². The first-order chi connectivity index (χ1) is 15.5. The molecule has 32 heavy (non-hydrogen) atoms. The van der Waals surface area contributed by atoms with Gasteiger partial charge in [0, 0.05) is 28.7 Å². The molecule has 1 amide bonds. The van der Waals surface area contributed by atoms with E-state index in [1.54, 1.807) is 12.1 Å². The molecule has 6 heteroatoms. The zero-order valence-corrected chi connectivity index (χ0v) is 19.7. The number of carbonyl (C=O) groups excluding carboxylic acids is 1. The number of primary amides is 1. The van der Waals surface area contributed by atoms with Crippen LogP contribution in [-0.2, 0) is 24.1 Å². The Labute approximate surface area is 199 Å². The summed E-state index contributed by atoms with van der Waals surface area (Å²) in [5.74, 6) is 0.214. The summed E-state index contributed by atoms with van der Waals surface area (Å²) < 4.78 is 5.00. The van der Waals surface area contributed by atoms with Gasteiger partial charge in [-0.2, -0.15) is 0 Å². The highest BCUT2D eigenvalue weighted by atomic mass is 35.5. The van der Waals surface area contributed by atoms with Crippen molar-refractivity contribution in [3.05, 3.63) is 93.0 Å². The number of anilines is 1. The first kappa shape index (κ1) is 24.0. The van der Waals surface area contributed by atoms with E-state index in [-0.39, 0.29) is 12.3 Å². The Balaban J connectivity index is 0.000000183. The van der Waals surface area contributed by atoms with Crippen molar-refractivity contribution in [2.45, 2.75) is 32.1 Å². The average molecular weight is 471 g/mol. The highest BCUT2D eigenvalue weighted by Crippen LogP contribution is 2.31. The lowest BCUT2D eigenvalue weighted by Gasteiger charge is -2.18. The van der Waals surface area contributed by atoms with Crippen LogP contribution in [0.25, 0.3) is 0 Å². The molecule has 3 aromatic carbocycles. The second kappa shape index (κ2) is 11.8. The predicted octanol–water partition coefficient (Wildman–Crippen LogP) is 6.06. The normalized spacial score (nSPS) is 12.1. The Morgan fingerprint density at radius 2 is 1.75 bits per heavy atom. The number of fused-ring (bicyclic) bond motifs is 1. The lowest BCUT2D eigenvalue weighted by atomic mass is 9.97. The average Bonchev–Trinajstić information content (AvgIpc) is 2.79. The van der Waals surface area contributed by atoms with E-state index in [0.717, 1.165) is 18.5 Å². The number of hydrogen-bond donors (Lipinski definition) is 2. The summed E-state index contributed by atoms with van der Waals surface area (Å²) in [6, 6.07) is 20.8. The van der Waals surface area contributed by atoms with E-state index in [4.69, 9.17) is 33.7 Å². The fourth-order valence-corrected chi connectivity index (χ4v) is 4.31. The number of benzene rings is 3. The van der Waals surface area contributed by atoms with Gasteiger partial charge in [0.1, 0.15) is 5.75 Å². The molecule has 0 atom stereocenters. The summed E-state index contributed by atoms with van der Waals surface area (Å²) in [5, 5.41) is 4.43. The number of hydrogen-bond acceptors (Lipinski definition) is 3. The van der Waals surface area contributed by atoms with E-state index < -0.39 is 0 Å². The Morgan fingerprint density at radius 1 is 1.03 bits per heavy atom. The van der Waals surface area contributed by atoms with Crippen LogP contribution in [0.4, 0.5) is 5.69 Å². The van der Waals surface area contributed by atoms with Crippen molar-refractivity contribution in [3.63, 3.8) is 0 Å². The van der Waals surface area contributed by atoms with E-state index in [1.165, 1.54) is 42.3 Å². The van der Waals surface area contributed by atoms with Gasteiger partial charge in [0.25, 0.3) is 0 Å². The standard InChI is InChI=1S/C16H17N.C10H11Cl2NO2/c1-2-5-13(6-3-1)11-14-8-9-16-15(12-14)7-4-10-17-16;1-15-6-4-8(11)7(9(12)5-6)2-3-10(13)14/h1-3,5-6,8-9,12,17H,4,7,10-11H2;4-5H,2-3H2,1H3,(H2,13,14). The molecule has 0 aliphatic carbocycles. The Morgan fingerprint density at radius 3 is 2.41 bits per heavy atom. The molecule has 4 rings (SSSR count). The van der Waals surface area contributed by atoms with Crippen LogP contribution in [0.2, 0.25) is 10.0 Å². The summed E-state index contributed by atoms with van der Waals surface area (Å²) in [6.07, 6.45) is 4.17. The third kappa shape index (κ3) is 6.91. The highest BCUT2D eigenvalue weighted by Gasteiger charge is 2.10. The molecule has 1 aliphatic rings. The maximum absolute atomic E-state index is 10.6. The van der Waals surface area contributed by atoms with Crippen molar-refractivity contribution in [3.8, 4) is 5.75 Å². The van der Waals surface area contributed by atoms with E-state index in [2.05, 4.69) is 53.8 Å². The second-order valence-electron chi connectivity index (χ2n) is 7.72. The number of nitrogens with two attached hydrogens (primary N) is 1. The summed E-state index contributed by atoms with van der Waals surface area (Å²) >= 11 is 12.0. The summed E-state index contributed by atoms with van der Waals surface area (Å²) in [4.78, 5) is 10.6. The summed E-state index contributed by atoms with van der Waals surface area (Å²) in [6.45, 7) is 1.12. The molecule has 3 aromatic rings. The molecule has 4 nitrogen and oxygen atoms in total. The van der Waals surface area contributed by atoms with Gasteiger partial charge in [-0.15, -0.1) is 0 Å². The monoisotopic (exact) mass is 470 g/mol. The van der Waals surface area contributed by atoms with Crippen LogP contribution in [0, 0.1) is 0 Å². The molecule has 1 heterocycles. The Hall–Kier alpha value is -2.69.